The van der Waals surface area contributed by atoms with Crippen molar-refractivity contribution >= 4 is 17.4 Å². The van der Waals surface area contributed by atoms with E-state index in [-0.39, 0.29) is 18.2 Å². The lowest BCUT2D eigenvalue weighted by Crippen LogP contribution is -2.13. The van der Waals surface area contributed by atoms with Crippen molar-refractivity contribution in [2.45, 2.75) is 19.3 Å². The highest BCUT2D eigenvalue weighted by molar-refractivity contribution is 5.93. The van der Waals surface area contributed by atoms with Crippen molar-refractivity contribution in [2.24, 2.45) is 5.92 Å². The van der Waals surface area contributed by atoms with Gasteiger partial charge in [-0.25, -0.2) is 9.37 Å². The maximum Gasteiger partial charge on any atom is 0.228 e. The molecule has 0 saturated heterocycles. The molecule has 1 N–H and O–H groups in total. The topological polar surface area (TPSA) is 70.2 Å². The second kappa shape index (κ2) is 6.02. The number of nitrogens with one attached hydrogen (secondary N) is 1. The van der Waals surface area contributed by atoms with Crippen LogP contribution in [0.1, 0.15) is 18.4 Å². The van der Waals surface area contributed by atoms with E-state index in [1.807, 2.05) is 6.07 Å². The van der Waals surface area contributed by atoms with Crippen molar-refractivity contribution in [3.05, 3.63) is 54.0 Å². The minimum absolute atomic E-state index is 0.0167. The van der Waals surface area contributed by atoms with Gasteiger partial charge in [0.2, 0.25) is 5.91 Å². The van der Waals surface area contributed by atoms with Crippen LogP contribution in [0.4, 0.5) is 10.2 Å². The SMILES string of the molecule is N#CCc1ccc(-c2cccc3nc(NC(=O)C4CC4)cn23)c(F)c1. The summed E-state index contributed by atoms with van der Waals surface area (Å²) < 4.78 is 16.3. The average Bonchev–Trinajstić information content (AvgIpc) is 3.36. The fourth-order valence-electron chi connectivity index (χ4n) is 2.83. The number of anilines is 1. The summed E-state index contributed by atoms with van der Waals surface area (Å²) in [6.45, 7) is 0. The zero-order valence-corrected chi connectivity index (χ0v) is 13.4. The van der Waals surface area contributed by atoms with E-state index in [1.54, 1.807) is 40.9 Å². The minimum Gasteiger partial charge on any atom is -0.309 e. The second-order valence-corrected chi connectivity index (χ2v) is 6.18. The zero-order chi connectivity index (χ0) is 17.4. The molecule has 3 aromatic rings. The molecule has 1 saturated carbocycles. The van der Waals surface area contributed by atoms with Crippen LogP contribution in [0.25, 0.3) is 16.9 Å². The van der Waals surface area contributed by atoms with Gasteiger partial charge in [-0.15, -0.1) is 0 Å². The number of rotatable bonds is 4. The van der Waals surface area contributed by atoms with Gasteiger partial charge in [0, 0.05) is 11.5 Å². The van der Waals surface area contributed by atoms with Gasteiger partial charge in [-0.1, -0.05) is 12.1 Å². The number of nitrogens with zero attached hydrogens (tertiary/aromatic N) is 3. The van der Waals surface area contributed by atoms with Gasteiger partial charge in [0.25, 0.3) is 0 Å². The molecule has 25 heavy (non-hydrogen) atoms. The van der Waals surface area contributed by atoms with Crippen LogP contribution in [0.3, 0.4) is 0 Å². The Morgan fingerprint density at radius 2 is 2.20 bits per heavy atom. The van der Waals surface area contributed by atoms with Gasteiger partial charge in [-0.2, -0.15) is 5.26 Å². The number of imidazole rings is 1. The number of halogens is 1. The Kier molecular flexibility index (Phi) is 3.69. The third-order valence-corrected chi connectivity index (χ3v) is 4.28. The number of amides is 1. The highest BCUT2D eigenvalue weighted by Crippen LogP contribution is 2.30. The highest BCUT2D eigenvalue weighted by atomic mass is 19.1. The number of hydrogen-bond donors (Lipinski definition) is 1. The number of carbonyl (C=O) groups excluding carboxylic acids is 1. The van der Waals surface area contributed by atoms with E-state index in [9.17, 15) is 9.18 Å². The predicted molar refractivity (Wildman–Crippen MR) is 91.3 cm³/mol. The van der Waals surface area contributed by atoms with Gasteiger partial charge >= 0.3 is 0 Å². The first kappa shape index (κ1) is 15.3. The van der Waals surface area contributed by atoms with Gasteiger partial charge in [-0.05, 0) is 42.7 Å². The molecule has 0 aliphatic heterocycles. The van der Waals surface area contributed by atoms with Gasteiger partial charge in [0.1, 0.15) is 11.5 Å². The summed E-state index contributed by atoms with van der Waals surface area (Å²) in [5.74, 6) is 0.148. The Morgan fingerprint density at radius 3 is 2.92 bits per heavy atom. The standard InChI is InChI=1S/C19H15FN4O/c20-15-10-12(8-9-21)4-7-14(15)16-2-1-3-18-22-17(11-24(16)18)23-19(25)13-5-6-13/h1-4,7,10-11,13H,5-6,8H2,(H,23,25). The molecule has 124 valence electrons. The summed E-state index contributed by atoms with van der Waals surface area (Å²) in [5.41, 5.74) is 2.32. The minimum atomic E-state index is -0.391. The molecule has 2 heterocycles. The van der Waals surface area contributed by atoms with Crippen LogP contribution >= 0.6 is 0 Å². The predicted octanol–water partition coefficient (Wildman–Crippen LogP) is 3.55. The fraction of sp³-hybridized carbons (Fsp3) is 0.211. The van der Waals surface area contributed by atoms with Gasteiger partial charge in [0.15, 0.2) is 5.82 Å². The molecule has 5 nitrogen and oxygen atoms in total. The van der Waals surface area contributed by atoms with Crippen LogP contribution in [-0.2, 0) is 11.2 Å². The Hall–Kier alpha value is -3.20. The number of nitriles is 1. The molecule has 2 aromatic heterocycles. The molecule has 1 aliphatic carbocycles. The van der Waals surface area contributed by atoms with Crippen LogP contribution in [0.2, 0.25) is 0 Å². The van der Waals surface area contributed by atoms with Crippen molar-refractivity contribution in [1.29, 1.82) is 5.26 Å². The first-order chi connectivity index (χ1) is 12.2. The second-order valence-electron chi connectivity index (χ2n) is 6.18. The molecule has 1 aliphatic rings. The van der Waals surface area contributed by atoms with Gasteiger partial charge < -0.3 is 5.32 Å². The molecule has 4 rings (SSSR count). The van der Waals surface area contributed by atoms with Crippen LogP contribution in [0, 0.1) is 23.1 Å². The van der Waals surface area contributed by atoms with E-state index in [2.05, 4.69) is 10.3 Å². The molecule has 1 aromatic carbocycles. The fourth-order valence-corrected chi connectivity index (χ4v) is 2.83. The third kappa shape index (κ3) is 2.96. The normalized spacial score (nSPS) is 13.6. The largest absolute Gasteiger partial charge is 0.309 e. The number of hydrogen-bond acceptors (Lipinski definition) is 3. The van der Waals surface area contributed by atoms with Crippen molar-refractivity contribution in [2.75, 3.05) is 5.32 Å². The molecule has 0 radical (unpaired) electrons. The van der Waals surface area contributed by atoms with E-state index in [0.717, 1.165) is 12.8 Å². The van der Waals surface area contributed by atoms with Crippen molar-refractivity contribution in [3.8, 4) is 17.3 Å². The van der Waals surface area contributed by atoms with Crippen molar-refractivity contribution in [3.63, 3.8) is 0 Å². The lowest BCUT2D eigenvalue weighted by atomic mass is 10.1. The summed E-state index contributed by atoms with van der Waals surface area (Å²) in [6, 6.07) is 12.2. The smallest absolute Gasteiger partial charge is 0.228 e. The Bertz CT molecular complexity index is 1010. The maximum absolute atomic E-state index is 14.5. The average molecular weight is 334 g/mol. The van der Waals surface area contributed by atoms with Gasteiger partial charge in [0.05, 0.1) is 24.4 Å². The molecule has 1 amide bonds. The number of pyridine rings is 1. The van der Waals surface area contributed by atoms with Crippen molar-refractivity contribution < 1.29 is 9.18 Å². The van der Waals surface area contributed by atoms with E-state index >= 15 is 0 Å². The molecule has 0 atom stereocenters. The van der Waals surface area contributed by atoms with Gasteiger partial charge in [-0.3, -0.25) is 9.20 Å². The molecular formula is C19H15FN4O. The lowest BCUT2D eigenvalue weighted by molar-refractivity contribution is -0.117. The summed E-state index contributed by atoms with van der Waals surface area (Å²) >= 11 is 0. The summed E-state index contributed by atoms with van der Waals surface area (Å²) in [4.78, 5) is 16.3. The third-order valence-electron chi connectivity index (χ3n) is 4.28. The van der Waals surface area contributed by atoms with Crippen LogP contribution in [0.5, 0.6) is 0 Å². The van der Waals surface area contributed by atoms with E-state index in [0.29, 0.717) is 28.3 Å². The molecule has 0 spiro atoms. The van der Waals surface area contributed by atoms with Crippen LogP contribution in [0.15, 0.2) is 42.6 Å². The first-order valence-corrected chi connectivity index (χ1v) is 8.10. The van der Waals surface area contributed by atoms with Crippen molar-refractivity contribution in [1.82, 2.24) is 9.38 Å². The van der Waals surface area contributed by atoms with E-state index < -0.39 is 5.82 Å². The Morgan fingerprint density at radius 1 is 1.36 bits per heavy atom. The number of aromatic nitrogens is 2. The zero-order valence-electron chi connectivity index (χ0n) is 13.4. The first-order valence-electron chi connectivity index (χ1n) is 8.10. The number of benzene rings is 1. The number of fused-ring (bicyclic) bond motifs is 1. The summed E-state index contributed by atoms with van der Waals surface area (Å²) in [6.07, 6.45) is 3.72. The quantitative estimate of drug-likeness (QED) is 0.793. The lowest BCUT2D eigenvalue weighted by Gasteiger charge is -2.07. The van der Waals surface area contributed by atoms with E-state index in [1.165, 1.54) is 6.07 Å². The van der Waals surface area contributed by atoms with E-state index in [4.69, 9.17) is 5.26 Å². The molecule has 1 fully saturated rings. The molecule has 6 heteroatoms. The summed E-state index contributed by atoms with van der Waals surface area (Å²) in [5, 5.41) is 11.5. The molecule has 0 bridgehead atoms. The number of carbonyl (C=O) groups is 1. The molecule has 0 unspecified atom stereocenters. The summed E-state index contributed by atoms with van der Waals surface area (Å²) in [7, 11) is 0. The highest BCUT2D eigenvalue weighted by Gasteiger charge is 2.30. The monoisotopic (exact) mass is 334 g/mol. The van der Waals surface area contributed by atoms with Crippen LogP contribution in [-0.4, -0.2) is 15.3 Å². The molecular weight excluding hydrogens is 319 g/mol. The maximum atomic E-state index is 14.5. The van der Waals surface area contributed by atoms with Crippen LogP contribution < -0.4 is 5.32 Å². The Labute approximate surface area is 143 Å². The Balaban J connectivity index is 1.73.